The first kappa shape index (κ1) is 17.9. The number of halogens is 1. The molecule has 2 aromatic carbocycles. The number of anilines is 1. The van der Waals surface area contributed by atoms with Crippen molar-refractivity contribution in [2.75, 3.05) is 45.3 Å². The van der Waals surface area contributed by atoms with Gasteiger partial charge in [-0.05, 0) is 52.3 Å². The molecule has 2 N–H and O–H groups in total. The van der Waals surface area contributed by atoms with Crippen LogP contribution >= 0.6 is 15.9 Å². The van der Waals surface area contributed by atoms with E-state index >= 15 is 0 Å². The van der Waals surface area contributed by atoms with Crippen LogP contribution in [0, 0.1) is 0 Å². The third kappa shape index (κ3) is 4.19. The van der Waals surface area contributed by atoms with Crippen LogP contribution in [-0.4, -0.2) is 45.5 Å². The Morgan fingerprint density at radius 2 is 1.76 bits per heavy atom. The summed E-state index contributed by atoms with van der Waals surface area (Å²) >= 11 is 3.40. The number of hydrogen-bond donors (Lipinski definition) is 2. The lowest BCUT2D eigenvalue weighted by molar-refractivity contribution is -0.914. The second-order valence-electron chi connectivity index (χ2n) is 6.24. The molecular weight excluding hydrogens is 384 g/mol. The van der Waals surface area contributed by atoms with Gasteiger partial charge in [0, 0.05) is 11.3 Å². The molecule has 25 heavy (non-hydrogen) atoms. The van der Waals surface area contributed by atoms with E-state index in [4.69, 9.17) is 9.47 Å². The van der Waals surface area contributed by atoms with Crippen LogP contribution in [0.15, 0.2) is 40.9 Å². The van der Waals surface area contributed by atoms with Crippen molar-refractivity contribution in [3.63, 3.8) is 0 Å². The zero-order valence-electron chi connectivity index (χ0n) is 14.6. The number of nitrogens with zero attached hydrogens (tertiary/aromatic N) is 1. The molecule has 0 unspecified atom stereocenters. The van der Waals surface area contributed by atoms with Crippen molar-refractivity contribution in [2.45, 2.75) is 6.54 Å². The third-order valence-electron chi connectivity index (χ3n) is 4.67. The summed E-state index contributed by atoms with van der Waals surface area (Å²) in [7, 11) is 3.26. The van der Waals surface area contributed by atoms with E-state index in [0.717, 1.165) is 44.0 Å². The third-order valence-corrected chi connectivity index (χ3v) is 5.27. The summed E-state index contributed by atoms with van der Waals surface area (Å²) in [5, 5.41) is 9.93. The lowest BCUT2D eigenvalue weighted by Crippen LogP contribution is -3.13. The normalized spacial score (nSPS) is 15.2. The van der Waals surface area contributed by atoms with Gasteiger partial charge in [-0.25, -0.2) is 0 Å². The predicted molar refractivity (Wildman–Crippen MR) is 102 cm³/mol. The monoisotopic (exact) mass is 407 g/mol. The van der Waals surface area contributed by atoms with Crippen molar-refractivity contribution in [3.05, 3.63) is 46.4 Å². The molecule has 1 aliphatic rings. The fourth-order valence-corrected chi connectivity index (χ4v) is 3.71. The summed E-state index contributed by atoms with van der Waals surface area (Å²) in [6, 6.07) is 12.1. The maximum atomic E-state index is 9.93. The second kappa shape index (κ2) is 7.97. The minimum atomic E-state index is 0.158. The Hall–Kier alpha value is -1.92. The molecule has 6 heteroatoms. The molecule has 0 aliphatic carbocycles. The van der Waals surface area contributed by atoms with Gasteiger partial charge in [0.2, 0.25) is 0 Å². The van der Waals surface area contributed by atoms with Gasteiger partial charge in [0.15, 0.2) is 11.5 Å². The predicted octanol–water partition coefficient (Wildman–Crippen LogP) is 2.08. The van der Waals surface area contributed by atoms with Gasteiger partial charge in [-0.1, -0.05) is 0 Å². The molecule has 1 aliphatic heterocycles. The first-order valence-electron chi connectivity index (χ1n) is 8.38. The number of rotatable bonds is 5. The first-order chi connectivity index (χ1) is 12.1. The number of quaternary nitrogens is 1. The molecular formula is C19H24BrN2O3+. The smallest absolute Gasteiger partial charge is 0.172 e. The Labute approximate surface area is 156 Å². The molecule has 0 spiro atoms. The molecule has 0 saturated carbocycles. The minimum absolute atomic E-state index is 0.158. The molecule has 0 atom stereocenters. The number of hydrogen-bond acceptors (Lipinski definition) is 4. The lowest BCUT2D eigenvalue weighted by Gasteiger charge is -2.33. The van der Waals surface area contributed by atoms with Crippen LogP contribution in [0.4, 0.5) is 5.69 Å². The van der Waals surface area contributed by atoms with Gasteiger partial charge < -0.3 is 24.4 Å². The van der Waals surface area contributed by atoms with E-state index in [1.54, 1.807) is 14.2 Å². The molecule has 0 amide bonds. The SMILES string of the molecule is COc1ccc(N2CC[NH+](Cc3cc(Br)c(O)c(OC)c3)CC2)cc1. The number of nitrogens with one attached hydrogen (secondary N) is 1. The van der Waals surface area contributed by atoms with E-state index in [2.05, 4.69) is 33.0 Å². The minimum Gasteiger partial charge on any atom is -0.503 e. The van der Waals surface area contributed by atoms with Gasteiger partial charge in [-0.2, -0.15) is 0 Å². The molecule has 1 heterocycles. The van der Waals surface area contributed by atoms with Crippen LogP contribution < -0.4 is 19.3 Å². The van der Waals surface area contributed by atoms with Crippen LogP contribution in [0.1, 0.15) is 5.56 Å². The highest BCUT2D eigenvalue weighted by Gasteiger charge is 2.21. The summed E-state index contributed by atoms with van der Waals surface area (Å²) < 4.78 is 11.1. The van der Waals surface area contributed by atoms with Gasteiger partial charge in [-0.15, -0.1) is 0 Å². The van der Waals surface area contributed by atoms with Crippen molar-refractivity contribution in [2.24, 2.45) is 0 Å². The first-order valence-corrected chi connectivity index (χ1v) is 9.18. The van der Waals surface area contributed by atoms with E-state index in [1.165, 1.54) is 10.6 Å². The molecule has 2 aromatic rings. The largest absolute Gasteiger partial charge is 0.503 e. The summed E-state index contributed by atoms with van der Waals surface area (Å²) in [5.41, 5.74) is 2.41. The second-order valence-corrected chi connectivity index (χ2v) is 7.09. The Morgan fingerprint density at radius 3 is 2.36 bits per heavy atom. The van der Waals surface area contributed by atoms with Gasteiger partial charge in [0.1, 0.15) is 12.3 Å². The lowest BCUT2D eigenvalue weighted by atomic mass is 10.1. The van der Waals surface area contributed by atoms with Crippen LogP contribution in [0.5, 0.6) is 17.2 Å². The molecule has 0 aromatic heterocycles. The van der Waals surface area contributed by atoms with Crippen molar-refractivity contribution in [3.8, 4) is 17.2 Å². The molecule has 134 valence electrons. The molecule has 1 fully saturated rings. The van der Waals surface area contributed by atoms with Crippen LogP contribution in [0.2, 0.25) is 0 Å². The number of piperazine rings is 1. The van der Waals surface area contributed by atoms with E-state index in [-0.39, 0.29) is 5.75 Å². The van der Waals surface area contributed by atoms with Gasteiger partial charge in [0.05, 0.1) is 44.9 Å². The number of phenols is 1. The van der Waals surface area contributed by atoms with E-state index in [9.17, 15) is 5.11 Å². The average molecular weight is 408 g/mol. The Kier molecular flexibility index (Phi) is 5.71. The van der Waals surface area contributed by atoms with Gasteiger partial charge >= 0.3 is 0 Å². The topological polar surface area (TPSA) is 46.4 Å². The molecule has 3 rings (SSSR count). The molecule has 0 bridgehead atoms. The summed E-state index contributed by atoms with van der Waals surface area (Å²) in [4.78, 5) is 3.94. The van der Waals surface area contributed by atoms with Crippen LogP contribution in [0.3, 0.4) is 0 Å². The Balaban J connectivity index is 1.60. The van der Waals surface area contributed by atoms with Crippen molar-refractivity contribution < 1.29 is 19.5 Å². The van der Waals surface area contributed by atoms with Crippen molar-refractivity contribution in [1.82, 2.24) is 0 Å². The fraction of sp³-hybridized carbons (Fsp3) is 0.368. The van der Waals surface area contributed by atoms with Crippen molar-refractivity contribution >= 4 is 21.6 Å². The molecule has 1 saturated heterocycles. The van der Waals surface area contributed by atoms with Crippen molar-refractivity contribution in [1.29, 1.82) is 0 Å². The van der Waals surface area contributed by atoms with Gasteiger partial charge in [-0.3, -0.25) is 0 Å². The zero-order valence-corrected chi connectivity index (χ0v) is 16.2. The number of benzene rings is 2. The highest BCUT2D eigenvalue weighted by molar-refractivity contribution is 9.10. The van der Waals surface area contributed by atoms with Gasteiger partial charge in [0.25, 0.3) is 0 Å². The summed E-state index contributed by atoms with van der Waals surface area (Å²) in [6.45, 7) is 5.13. The number of phenolic OH excluding ortho intramolecular Hbond substituents is 1. The van der Waals surface area contributed by atoms with E-state index in [0.29, 0.717) is 10.2 Å². The van der Waals surface area contributed by atoms with Crippen LogP contribution in [-0.2, 0) is 6.54 Å². The maximum absolute atomic E-state index is 9.93. The Bertz CT molecular complexity index is 713. The highest BCUT2D eigenvalue weighted by atomic mass is 79.9. The summed E-state index contributed by atoms with van der Waals surface area (Å²) in [6.07, 6.45) is 0. The van der Waals surface area contributed by atoms with Crippen LogP contribution in [0.25, 0.3) is 0 Å². The Morgan fingerprint density at radius 1 is 1.08 bits per heavy atom. The zero-order chi connectivity index (χ0) is 17.8. The molecule has 5 nitrogen and oxygen atoms in total. The maximum Gasteiger partial charge on any atom is 0.172 e. The molecule has 0 radical (unpaired) electrons. The van der Waals surface area contributed by atoms with E-state index in [1.807, 2.05) is 24.3 Å². The van der Waals surface area contributed by atoms with E-state index < -0.39 is 0 Å². The number of aromatic hydroxyl groups is 1. The average Bonchev–Trinajstić information content (AvgIpc) is 2.65. The fourth-order valence-electron chi connectivity index (χ4n) is 3.22. The number of ether oxygens (including phenoxy) is 2. The number of methoxy groups -OCH3 is 2. The quantitative estimate of drug-likeness (QED) is 0.796. The summed E-state index contributed by atoms with van der Waals surface area (Å²) in [5.74, 6) is 1.56. The standard InChI is InChI=1S/C19H23BrN2O3/c1-24-16-5-3-15(4-6-16)22-9-7-21(8-10-22)13-14-11-17(20)19(23)18(12-14)25-2/h3-6,11-12,23H,7-10,13H2,1-2H3/p+1. The highest BCUT2D eigenvalue weighted by Crippen LogP contribution is 2.35.